The van der Waals surface area contributed by atoms with Crippen LogP contribution >= 0.6 is 7.75 Å². The minimum atomic E-state index is -4.56. The van der Waals surface area contributed by atoms with Gasteiger partial charge in [0.2, 0.25) is 5.60 Å². The molecule has 5 rings (SSSR count). The molecule has 1 saturated carbocycles. The van der Waals surface area contributed by atoms with E-state index < -0.39 is 74.1 Å². The molecule has 1 aromatic carbocycles. The topological polar surface area (TPSA) is 225 Å². The summed E-state index contributed by atoms with van der Waals surface area (Å²) in [5.74, 6) is -2.43. The van der Waals surface area contributed by atoms with Crippen LogP contribution in [0.2, 0.25) is 0 Å². The summed E-state index contributed by atoms with van der Waals surface area (Å²) in [7, 11) is -4.56. The Bertz CT molecular complexity index is 1990. The van der Waals surface area contributed by atoms with Crippen molar-refractivity contribution < 1.29 is 51.7 Å². The van der Waals surface area contributed by atoms with Gasteiger partial charge < -0.3 is 33.9 Å². The van der Waals surface area contributed by atoms with Crippen LogP contribution in [0.15, 0.2) is 42.7 Å². The summed E-state index contributed by atoms with van der Waals surface area (Å²) in [6, 6.07) is 10.6. The van der Waals surface area contributed by atoms with E-state index in [0.717, 1.165) is 38.5 Å². The summed E-state index contributed by atoms with van der Waals surface area (Å²) < 4.78 is 58.3. The number of rotatable bonds is 19. The van der Waals surface area contributed by atoms with Crippen LogP contribution < -0.4 is 20.1 Å². The van der Waals surface area contributed by atoms with Crippen LogP contribution in [-0.2, 0) is 48.0 Å². The minimum Gasteiger partial charge on any atom is -0.490 e. The van der Waals surface area contributed by atoms with Crippen LogP contribution in [0.25, 0.3) is 5.52 Å². The molecule has 1 aliphatic carbocycles. The van der Waals surface area contributed by atoms with Gasteiger partial charge in [0.1, 0.15) is 41.6 Å². The van der Waals surface area contributed by atoms with Crippen molar-refractivity contribution in [2.24, 2.45) is 17.8 Å². The van der Waals surface area contributed by atoms with E-state index in [2.05, 4.69) is 21.2 Å². The van der Waals surface area contributed by atoms with Crippen molar-refractivity contribution in [3.63, 3.8) is 0 Å². The van der Waals surface area contributed by atoms with E-state index in [4.69, 9.17) is 38.5 Å². The summed E-state index contributed by atoms with van der Waals surface area (Å²) in [6.07, 6.45) is 3.70. The number of carbonyl (C=O) groups is 3. The molecule has 0 spiro atoms. The van der Waals surface area contributed by atoms with Crippen molar-refractivity contribution >= 4 is 37.0 Å². The number of benzene rings is 1. The maximum Gasteiger partial charge on any atom is 0.459 e. The van der Waals surface area contributed by atoms with Gasteiger partial charge in [-0.1, -0.05) is 60.8 Å². The Hall–Kier alpha value is -4.75. The highest BCUT2D eigenvalue weighted by Crippen LogP contribution is 2.49. The summed E-state index contributed by atoms with van der Waals surface area (Å²) in [5.41, 5.74) is 4.35. The second-order valence-corrected chi connectivity index (χ2v) is 17.3. The van der Waals surface area contributed by atoms with Crippen LogP contribution in [-0.4, -0.2) is 76.2 Å². The third kappa shape index (κ3) is 10.9. The summed E-state index contributed by atoms with van der Waals surface area (Å²) in [6.45, 7) is 11.4. The lowest BCUT2D eigenvalue weighted by molar-refractivity contribution is -0.173. The monoisotopic (exact) mass is 840 g/mol. The number of esters is 3. The first-order valence-electron chi connectivity index (χ1n) is 20.4. The fourth-order valence-corrected chi connectivity index (χ4v) is 8.33. The van der Waals surface area contributed by atoms with E-state index in [1.54, 1.807) is 58.0 Å². The van der Waals surface area contributed by atoms with Crippen molar-refractivity contribution in [2.45, 2.75) is 129 Å². The van der Waals surface area contributed by atoms with Gasteiger partial charge in [-0.15, -0.1) is 0 Å². The van der Waals surface area contributed by atoms with Crippen molar-refractivity contribution in [2.75, 3.05) is 18.9 Å². The Morgan fingerprint density at radius 1 is 0.966 bits per heavy atom. The average Bonchev–Trinajstić information content (AvgIpc) is 3.78. The zero-order valence-corrected chi connectivity index (χ0v) is 35.7. The molecule has 2 aromatic heterocycles. The van der Waals surface area contributed by atoms with E-state index in [0.29, 0.717) is 11.3 Å². The number of hydrogen-bond donors (Lipinski definition) is 2. The Kier molecular flexibility index (Phi) is 15.4. The van der Waals surface area contributed by atoms with Gasteiger partial charge in [-0.3, -0.25) is 18.9 Å². The first-order chi connectivity index (χ1) is 28.1. The molecule has 17 nitrogen and oxygen atoms in total. The van der Waals surface area contributed by atoms with Crippen LogP contribution in [0.4, 0.5) is 5.82 Å². The number of aromatic nitrogens is 3. The Morgan fingerprint density at radius 2 is 1.61 bits per heavy atom. The Balaban J connectivity index is 1.49. The van der Waals surface area contributed by atoms with E-state index >= 15 is 0 Å². The smallest absolute Gasteiger partial charge is 0.459 e. The van der Waals surface area contributed by atoms with Crippen LogP contribution in [0, 0.1) is 29.1 Å². The summed E-state index contributed by atoms with van der Waals surface area (Å²) in [4.78, 5) is 43.8. The molecule has 2 aliphatic rings. The number of anilines is 1. The molecule has 6 atom stereocenters. The van der Waals surface area contributed by atoms with Crippen molar-refractivity contribution in [3.05, 3.63) is 48.4 Å². The number of nitrogen functional groups attached to an aromatic ring is 1. The predicted molar refractivity (Wildman–Crippen MR) is 215 cm³/mol. The van der Waals surface area contributed by atoms with Crippen LogP contribution in [0.5, 0.6) is 11.5 Å². The lowest BCUT2D eigenvalue weighted by Crippen LogP contribution is -2.47. The van der Waals surface area contributed by atoms with Crippen molar-refractivity contribution in [1.29, 1.82) is 5.26 Å². The van der Waals surface area contributed by atoms with Gasteiger partial charge in [0.15, 0.2) is 18.0 Å². The Labute approximate surface area is 345 Å². The number of hydrogen-bond acceptors (Lipinski definition) is 15. The Morgan fingerprint density at radius 3 is 2.24 bits per heavy atom. The summed E-state index contributed by atoms with van der Waals surface area (Å²) in [5, 5.41) is 17.9. The standard InChI is InChI=1S/C41H57N6O11P/c1-8-28(9-2)21-52-40(50)27(7)46-59(51,58-31-17-15-30(16-18-31)54-29-13-11-10-12-14-29)53-22-33-35(55-38(48)25(3)4)36(56-39(49)26(5)6)41(23-42,57-33)34-20-19-32-37(43)44-24-45-47(32)34/h15-20,24-29,33,35-36H,8-14,21-22H2,1-7H3,(H,46,51)(H2,43,44,45)/t27-,33+,35+,36+,41-,59?/m0/s1. The number of ether oxygens (including phenoxy) is 5. The molecule has 2 fully saturated rings. The fraction of sp³-hybridized carbons (Fsp3) is 0.610. The molecule has 0 radical (unpaired) electrons. The maximum atomic E-state index is 14.8. The normalized spacial score (nSPS) is 22.5. The molecule has 1 saturated heterocycles. The maximum absolute atomic E-state index is 14.8. The van der Waals surface area contributed by atoms with Gasteiger partial charge in [0.05, 0.1) is 36.8 Å². The van der Waals surface area contributed by atoms with E-state index in [1.165, 1.54) is 30.3 Å². The lowest BCUT2D eigenvalue weighted by atomic mass is 9.92. The molecular weight excluding hydrogens is 783 g/mol. The molecule has 322 valence electrons. The van der Waals surface area contributed by atoms with Gasteiger partial charge in [-0.25, -0.2) is 14.1 Å². The third-order valence-corrected chi connectivity index (χ3v) is 12.1. The summed E-state index contributed by atoms with van der Waals surface area (Å²) >= 11 is 0. The van der Waals surface area contributed by atoms with E-state index in [9.17, 15) is 24.2 Å². The van der Waals surface area contributed by atoms with Gasteiger partial charge in [0.25, 0.3) is 0 Å². The van der Waals surface area contributed by atoms with Gasteiger partial charge >= 0.3 is 25.7 Å². The first kappa shape index (κ1) is 45.3. The van der Waals surface area contributed by atoms with Gasteiger partial charge in [-0.2, -0.15) is 15.4 Å². The molecule has 0 amide bonds. The molecule has 3 heterocycles. The highest BCUT2D eigenvalue weighted by molar-refractivity contribution is 7.52. The van der Waals surface area contributed by atoms with Gasteiger partial charge in [-0.05, 0) is 74.9 Å². The minimum absolute atomic E-state index is 0.0840. The lowest BCUT2D eigenvalue weighted by Gasteiger charge is -2.29. The fourth-order valence-electron chi connectivity index (χ4n) is 6.83. The second kappa shape index (κ2) is 20.0. The molecule has 0 bridgehead atoms. The number of fused-ring (bicyclic) bond motifs is 1. The predicted octanol–water partition coefficient (Wildman–Crippen LogP) is 6.44. The zero-order valence-electron chi connectivity index (χ0n) is 34.8. The third-order valence-electron chi connectivity index (χ3n) is 10.5. The zero-order chi connectivity index (χ0) is 42.9. The van der Waals surface area contributed by atoms with Gasteiger partial charge in [0, 0.05) is 0 Å². The van der Waals surface area contributed by atoms with Crippen molar-refractivity contribution in [3.8, 4) is 17.6 Å². The van der Waals surface area contributed by atoms with E-state index in [1.807, 2.05) is 13.8 Å². The first-order valence-corrected chi connectivity index (χ1v) is 21.9. The molecule has 3 N–H and O–H groups in total. The number of nitriles is 1. The highest BCUT2D eigenvalue weighted by atomic mass is 31.2. The van der Waals surface area contributed by atoms with E-state index in [-0.39, 0.29) is 35.9 Å². The van der Waals surface area contributed by atoms with Crippen LogP contribution in [0.3, 0.4) is 0 Å². The molecule has 59 heavy (non-hydrogen) atoms. The molecule has 18 heteroatoms. The molecular formula is C41H57N6O11P. The molecule has 1 aliphatic heterocycles. The molecule has 1 unspecified atom stereocenters. The number of nitrogens with two attached hydrogens (primary N) is 1. The molecule has 3 aromatic rings. The second-order valence-electron chi connectivity index (χ2n) is 15.6. The number of carbonyl (C=O) groups excluding carboxylic acids is 3. The van der Waals surface area contributed by atoms with Crippen LogP contribution in [0.1, 0.15) is 99.1 Å². The average molecular weight is 841 g/mol. The quantitative estimate of drug-likeness (QED) is 0.0753. The largest absolute Gasteiger partial charge is 0.490 e. The highest BCUT2D eigenvalue weighted by Gasteiger charge is 2.63. The number of nitrogens with zero attached hydrogens (tertiary/aromatic N) is 4. The van der Waals surface area contributed by atoms with Crippen molar-refractivity contribution in [1.82, 2.24) is 19.7 Å². The number of nitrogens with one attached hydrogen (secondary N) is 1. The SMILES string of the molecule is CCC(CC)COC(=O)[C@H](C)NP(=O)(OC[C@H]1O[C@@](C#N)(c2ccc3c(N)ncnn23)[C@H](OC(=O)C(C)C)[C@@H]1OC(=O)C(C)C)Oc1ccc(OC2CCCCC2)cc1.